The second-order valence-electron chi connectivity index (χ2n) is 3.99. The molecule has 0 aliphatic carbocycles. The van der Waals surface area contributed by atoms with Crippen LogP contribution in [0, 0.1) is 6.92 Å². The average Bonchev–Trinajstić information content (AvgIpc) is 2.60. The van der Waals surface area contributed by atoms with Crippen molar-refractivity contribution in [3.63, 3.8) is 0 Å². The largest absolute Gasteiger partial charge is 0.465 e. The highest BCUT2D eigenvalue weighted by Gasteiger charge is 2.18. The molecule has 0 aromatic carbocycles. The van der Waals surface area contributed by atoms with Crippen molar-refractivity contribution in [2.45, 2.75) is 13.3 Å². The molecule has 0 saturated heterocycles. The highest BCUT2D eigenvalue weighted by Crippen LogP contribution is 2.21. The quantitative estimate of drug-likeness (QED) is 0.781. The van der Waals surface area contributed by atoms with Gasteiger partial charge in [0.2, 0.25) is 0 Å². The van der Waals surface area contributed by atoms with Crippen molar-refractivity contribution in [1.29, 1.82) is 0 Å². The van der Waals surface area contributed by atoms with E-state index in [1.807, 2.05) is 30.8 Å². The van der Waals surface area contributed by atoms with Gasteiger partial charge in [0.05, 0.1) is 0 Å². The highest BCUT2D eigenvalue weighted by molar-refractivity contribution is 5.69. The summed E-state index contributed by atoms with van der Waals surface area (Å²) in [6, 6.07) is 0. The fourth-order valence-corrected chi connectivity index (χ4v) is 1.84. The van der Waals surface area contributed by atoms with Gasteiger partial charge in [-0.2, -0.15) is 0 Å². The van der Waals surface area contributed by atoms with Gasteiger partial charge in [0, 0.05) is 32.0 Å². The van der Waals surface area contributed by atoms with Gasteiger partial charge in [0.15, 0.2) is 0 Å². The molecule has 2 rings (SSSR count). The van der Waals surface area contributed by atoms with Gasteiger partial charge in [-0.25, -0.2) is 9.78 Å². The lowest BCUT2D eigenvalue weighted by atomic mass is 10.1. The van der Waals surface area contributed by atoms with Gasteiger partial charge in [-0.05, 0) is 18.9 Å². The molecule has 0 saturated carbocycles. The van der Waals surface area contributed by atoms with Crippen LogP contribution in [0.4, 0.5) is 4.79 Å². The van der Waals surface area contributed by atoms with E-state index in [9.17, 15) is 4.79 Å². The maximum absolute atomic E-state index is 10.7. The number of carboxylic acid groups (broad SMARTS) is 1. The van der Waals surface area contributed by atoms with Crippen LogP contribution in [-0.4, -0.2) is 38.7 Å². The summed E-state index contributed by atoms with van der Waals surface area (Å²) in [5, 5.41) is 8.83. The highest BCUT2D eigenvalue weighted by atomic mass is 16.4. The van der Waals surface area contributed by atoms with Crippen LogP contribution in [0.2, 0.25) is 0 Å². The molecule has 2 heterocycles. The number of imidazole rings is 1. The van der Waals surface area contributed by atoms with E-state index in [1.54, 1.807) is 0 Å². The number of nitrogens with zero attached hydrogens (tertiary/aromatic N) is 3. The third kappa shape index (κ3) is 1.80. The van der Waals surface area contributed by atoms with E-state index < -0.39 is 6.09 Å². The van der Waals surface area contributed by atoms with E-state index >= 15 is 0 Å². The average molecular weight is 221 g/mol. The fraction of sp³-hybridized carbons (Fsp3) is 0.455. The summed E-state index contributed by atoms with van der Waals surface area (Å²) < 4.78 is 2.03. The van der Waals surface area contributed by atoms with E-state index in [0.29, 0.717) is 13.1 Å². The molecule has 0 spiro atoms. The molecule has 1 aromatic rings. The standard InChI is InChI=1S/C11H15N3O2/c1-8-7-12-10(13(8)2)9-3-5-14(6-4-9)11(15)16/h3,7H,4-6H2,1-2H3,(H,15,16). The fourth-order valence-electron chi connectivity index (χ4n) is 1.84. The first-order chi connectivity index (χ1) is 7.59. The molecule has 0 bridgehead atoms. The molecule has 1 N–H and O–H groups in total. The first kappa shape index (κ1) is 10.7. The van der Waals surface area contributed by atoms with Gasteiger partial charge in [-0.3, -0.25) is 0 Å². The minimum atomic E-state index is -0.855. The Morgan fingerprint density at radius 2 is 2.31 bits per heavy atom. The van der Waals surface area contributed by atoms with E-state index in [2.05, 4.69) is 4.98 Å². The molecule has 0 radical (unpaired) electrons. The SMILES string of the molecule is Cc1cnc(C2=CCN(C(=O)O)CC2)n1C. The van der Waals surface area contributed by atoms with Crippen molar-refractivity contribution in [1.82, 2.24) is 14.5 Å². The Bertz CT molecular complexity index is 448. The van der Waals surface area contributed by atoms with E-state index in [1.165, 1.54) is 4.90 Å². The van der Waals surface area contributed by atoms with Gasteiger partial charge in [0.25, 0.3) is 0 Å². The molecule has 1 aromatic heterocycles. The smallest absolute Gasteiger partial charge is 0.407 e. The van der Waals surface area contributed by atoms with Gasteiger partial charge < -0.3 is 14.6 Å². The topological polar surface area (TPSA) is 58.4 Å². The normalized spacial score (nSPS) is 16.1. The Kier molecular flexibility index (Phi) is 2.68. The zero-order chi connectivity index (χ0) is 11.7. The third-order valence-electron chi connectivity index (χ3n) is 2.99. The van der Waals surface area contributed by atoms with Gasteiger partial charge in [-0.15, -0.1) is 0 Å². The Labute approximate surface area is 94.0 Å². The van der Waals surface area contributed by atoms with Crippen molar-refractivity contribution in [3.05, 3.63) is 23.8 Å². The number of aryl methyl sites for hydroxylation is 1. The van der Waals surface area contributed by atoms with E-state index in [0.717, 1.165) is 23.5 Å². The number of rotatable bonds is 1. The van der Waals surface area contributed by atoms with Crippen LogP contribution in [0.15, 0.2) is 12.3 Å². The number of hydrogen-bond acceptors (Lipinski definition) is 2. The lowest BCUT2D eigenvalue weighted by Gasteiger charge is -2.23. The zero-order valence-corrected chi connectivity index (χ0v) is 9.47. The Morgan fingerprint density at radius 1 is 1.56 bits per heavy atom. The van der Waals surface area contributed by atoms with Crippen LogP contribution in [0.1, 0.15) is 17.9 Å². The molecule has 1 aliphatic rings. The zero-order valence-electron chi connectivity index (χ0n) is 9.47. The van der Waals surface area contributed by atoms with Crippen LogP contribution in [-0.2, 0) is 7.05 Å². The maximum atomic E-state index is 10.7. The van der Waals surface area contributed by atoms with Crippen LogP contribution < -0.4 is 0 Å². The summed E-state index contributed by atoms with van der Waals surface area (Å²) in [7, 11) is 1.97. The van der Waals surface area contributed by atoms with Gasteiger partial charge in [0.1, 0.15) is 5.82 Å². The lowest BCUT2D eigenvalue weighted by molar-refractivity contribution is 0.150. The lowest BCUT2D eigenvalue weighted by Crippen LogP contribution is -2.33. The summed E-state index contributed by atoms with van der Waals surface area (Å²) in [6.07, 6.45) is 3.65. The number of amides is 1. The summed E-state index contributed by atoms with van der Waals surface area (Å²) in [5.74, 6) is 0.947. The molecular weight excluding hydrogens is 206 g/mol. The summed E-state index contributed by atoms with van der Waals surface area (Å²) in [5.41, 5.74) is 2.24. The molecule has 1 amide bonds. The number of aromatic nitrogens is 2. The predicted molar refractivity (Wildman–Crippen MR) is 60.1 cm³/mol. The first-order valence-corrected chi connectivity index (χ1v) is 5.25. The summed E-state index contributed by atoms with van der Waals surface area (Å²) in [4.78, 5) is 16.5. The van der Waals surface area contributed by atoms with Crippen LogP contribution in [0.3, 0.4) is 0 Å². The van der Waals surface area contributed by atoms with Crippen LogP contribution in [0.25, 0.3) is 5.57 Å². The van der Waals surface area contributed by atoms with E-state index in [4.69, 9.17) is 5.11 Å². The molecule has 86 valence electrons. The molecule has 0 fully saturated rings. The van der Waals surface area contributed by atoms with Crippen molar-refractivity contribution in [2.24, 2.45) is 7.05 Å². The second-order valence-corrected chi connectivity index (χ2v) is 3.99. The molecule has 5 nitrogen and oxygen atoms in total. The van der Waals surface area contributed by atoms with Crippen LogP contribution in [0.5, 0.6) is 0 Å². The molecule has 16 heavy (non-hydrogen) atoms. The molecular formula is C11H15N3O2. The van der Waals surface area contributed by atoms with Crippen molar-refractivity contribution < 1.29 is 9.90 Å². The Balaban J connectivity index is 2.19. The van der Waals surface area contributed by atoms with Gasteiger partial charge >= 0.3 is 6.09 Å². The predicted octanol–water partition coefficient (Wildman–Crippen LogP) is 1.50. The van der Waals surface area contributed by atoms with Crippen molar-refractivity contribution in [2.75, 3.05) is 13.1 Å². The summed E-state index contributed by atoms with van der Waals surface area (Å²) >= 11 is 0. The van der Waals surface area contributed by atoms with Crippen molar-refractivity contribution in [3.8, 4) is 0 Å². The Hall–Kier alpha value is -1.78. The minimum absolute atomic E-state index is 0.455. The molecule has 0 unspecified atom stereocenters. The minimum Gasteiger partial charge on any atom is -0.465 e. The monoisotopic (exact) mass is 221 g/mol. The number of carbonyl (C=O) groups is 1. The first-order valence-electron chi connectivity index (χ1n) is 5.25. The third-order valence-corrected chi connectivity index (χ3v) is 2.99. The second kappa shape index (κ2) is 4.00. The Morgan fingerprint density at radius 3 is 2.75 bits per heavy atom. The number of hydrogen-bond donors (Lipinski definition) is 1. The van der Waals surface area contributed by atoms with Crippen LogP contribution >= 0.6 is 0 Å². The van der Waals surface area contributed by atoms with E-state index in [-0.39, 0.29) is 0 Å². The maximum Gasteiger partial charge on any atom is 0.407 e. The molecule has 1 aliphatic heterocycles. The molecule has 5 heteroatoms. The van der Waals surface area contributed by atoms with Crippen molar-refractivity contribution >= 4 is 11.7 Å². The van der Waals surface area contributed by atoms with Gasteiger partial charge in [-0.1, -0.05) is 6.08 Å². The molecule has 0 atom stereocenters. The summed E-state index contributed by atoms with van der Waals surface area (Å²) in [6.45, 7) is 3.01.